The smallest absolute Gasteiger partial charge is 0.259 e. The van der Waals surface area contributed by atoms with Gasteiger partial charge in [0.15, 0.2) is 23.1 Å². The SMILES string of the molecule is COc1cc(-c2onc(N(C)C)c2C(=O)N[C@@H]2CCNC[C@@H]2C)ccc1F.Cl. The average Bonchev–Trinajstić information content (AvgIpc) is 3.09. The topological polar surface area (TPSA) is 79.6 Å². The lowest BCUT2D eigenvalue weighted by Gasteiger charge is -2.30. The van der Waals surface area contributed by atoms with Gasteiger partial charge in [0.2, 0.25) is 0 Å². The fraction of sp³-hybridized carbons (Fsp3) is 0.474. The fourth-order valence-corrected chi connectivity index (χ4v) is 3.26. The maximum absolute atomic E-state index is 13.8. The van der Waals surface area contributed by atoms with Crippen molar-refractivity contribution in [1.82, 2.24) is 15.8 Å². The van der Waals surface area contributed by atoms with Crippen LogP contribution in [0.15, 0.2) is 22.7 Å². The Balaban J connectivity index is 0.00000280. The molecule has 0 aliphatic carbocycles. The van der Waals surface area contributed by atoms with Crippen LogP contribution in [0.25, 0.3) is 11.3 Å². The number of amides is 1. The van der Waals surface area contributed by atoms with Gasteiger partial charge in [0, 0.05) is 25.7 Å². The van der Waals surface area contributed by atoms with E-state index < -0.39 is 5.82 Å². The number of nitrogens with one attached hydrogen (secondary N) is 2. The minimum absolute atomic E-state index is 0. The molecule has 0 unspecified atom stereocenters. The van der Waals surface area contributed by atoms with Crippen molar-refractivity contribution in [3.63, 3.8) is 0 Å². The van der Waals surface area contributed by atoms with Gasteiger partial charge in [-0.05, 0) is 43.6 Å². The lowest BCUT2D eigenvalue weighted by molar-refractivity contribution is 0.0915. The van der Waals surface area contributed by atoms with Crippen LogP contribution in [0.1, 0.15) is 23.7 Å². The van der Waals surface area contributed by atoms with Crippen LogP contribution in [0.2, 0.25) is 0 Å². The summed E-state index contributed by atoms with van der Waals surface area (Å²) in [5.74, 6) is 0.372. The molecule has 28 heavy (non-hydrogen) atoms. The second kappa shape index (κ2) is 9.25. The summed E-state index contributed by atoms with van der Waals surface area (Å²) in [5, 5.41) is 10.5. The molecule has 0 radical (unpaired) electrons. The molecule has 2 atom stereocenters. The summed E-state index contributed by atoms with van der Waals surface area (Å²) in [5.41, 5.74) is 0.858. The van der Waals surface area contributed by atoms with Crippen LogP contribution in [-0.4, -0.2) is 51.4 Å². The molecule has 2 N–H and O–H groups in total. The predicted octanol–water partition coefficient (Wildman–Crippen LogP) is 2.70. The van der Waals surface area contributed by atoms with Gasteiger partial charge in [0.25, 0.3) is 5.91 Å². The summed E-state index contributed by atoms with van der Waals surface area (Å²) in [7, 11) is 4.97. The molecule has 2 heterocycles. The molecule has 3 rings (SSSR count). The number of methoxy groups -OCH3 is 1. The fourth-order valence-electron chi connectivity index (χ4n) is 3.26. The Kier molecular flexibility index (Phi) is 7.26. The number of rotatable bonds is 5. The predicted molar refractivity (Wildman–Crippen MR) is 108 cm³/mol. The number of carbonyl (C=O) groups excluding carboxylic acids is 1. The Morgan fingerprint density at radius 1 is 1.43 bits per heavy atom. The first-order valence-electron chi connectivity index (χ1n) is 8.94. The van der Waals surface area contributed by atoms with E-state index in [0.717, 1.165) is 19.5 Å². The van der Waals surface area contributed by atoms with Crippen molar-refractivity contribution >= 4 is 24.1 Å². The number of aromatic nitrogens is 1. The van der Waals surface area contributed by atoms with Crippen molar-refractivity contribution in [2.45, 2.75) is 19.4 Å². The molecule has 1 fully saturated rings. The average molecular weight is 413 g/mol. The first kappa shape index (κ1) is 22.0. The third kappa shape index (κ3) is 4.39. The molecule has 1 aromatic heterocycles. The molecule has 1 aliphatic rings. The van der Waals surface area contributed by atoms with Crippen molar-refractivity contribution in [1.29, 1.82) is 0 Å². The lowest BCUT2D eigenvalue weighted by Crippen LogP contribution is -2.48. The van der Waals surface area contributed by atoms with Gasteiger partial charge in [-0.25, -0.2) is 4.39 Å². The zero-order valence-electron chi connectivity index (χ0n) is 16.4. The Morgan fingerprint density at radius 3 is 2.82 bits per heavy atom. The number of nitrogens with zero attached hydrogens (tertiary/aromatic N) is 2. The Bertz CT molecular complexity index is 828. The quantitative estimate of drug-likeness (QED) is 0.786. The van der Waals surface area contributed by atoms with Crippen LogP contribution in [0.4, 0.5) is 10.2 Å². The second-order valence-corrected chi connectivity index (χ2v) is 7.00. The van der Waals surface area contributed by atoms with Crippen LogP contribution in [0, 0.1) is 11.7 Å². The van der Waals surface area contributed by atoms with Crippen LogP contribution in [-0.2, 0) is 0 Å². The van der Waals surface area contributed by atoms with Gasteiger partial charge in [-0.1, -0.05) is 12.1 Å². The van der Waals surface area contributed by atoms with E-state index >= 15 is 0 Å². The highest BCUT2D eigenvalue weighted by Crippen LogP contribution is 2.33. The van der Waals surface area contributed by atoms with E-state index in [2.05, 4.69) is 22.7 Å². The van der Waals surface area contributed by atoms with E-state index in [1.54, 1.807) is 25.1 Å². The Labute approximate surface area is 170 Å². The molecule has 154 valence electrons. The normalized spacial score (nSPS) is 18.9. The zero-order chi connectivity index (χ0) is 19.6. The Morgan fingerprint density at radius 2 is 2.18 bits per heavy atom. The first-order chi connectivity index (χ1) is 12.9. The maximum atomic E-state index is 13.8. The highest BCUT2D eigenvalue weighted by molar-refractivity contribution is 6.04. The van der Waals surface area contributed by atoms with Crippen molar-refractivity contribution in [3.05, 3.63) is 29.6 Å². The Hall–Kier alpha value is -2.32. The zero-order valence-corrected chi connectivity index (χ0v) is 17.2. The molecule has 0 bridgehead atoms. The number of hydrogen-bond acceptors (Lipinski definition) is 6. The maximum Gasteiger partial charge on any atom is 0.259 e. The second-order valence-electron chi connectivity index (χ2n) is 7.00. The minimum atomic E-state index is -0.483. The van der Waals surface area contributed by atoms with Crippen molar-refractivity contribution < 1.29 is 18.4 Å². The molecule has 1 saturated heterocycles. The van der Waals surface area contributed by atoms with E-state index in [9.17, 15) is 9.18 Å². The monoisotopic (exact) mass is 412 g/mol. The number of hydrogen-bond donors (Lipinski definition) is 2. The number of ether oxygens (including phenoxy) is 1. The van der Waals surface area contributed by atoms with Gasteiger partial charge in [-0.15, -0.1) is 12.4 Å². The molecule has 0 saturated carbocycles. The van der Waals surface area contributed by atoms with E-state index in [1.165, 1.54) is 19.2 Å². The molecular weight excluding hydrogens is 387 g/mol. The molecule has 1 aliphatic heterocycles. The summed E-state index contributed by atoms with van der Waals surface area (Å²) < 4.78 is 24.3. The standard InChI is InChI=1S/C19H25FN4O3.ClH/c1-11-10-21-8-7-14(11)22-19(25)16-17(27-23-18(16)24(2)3)12-5-6-13(20)15(9-12)26-4;/h5-6,9,11,14,21H,7-8,10H2,1-4H3,(H,22,25);1H/t11-,14+;/m0./s1. The molecule has 1 aromatic carbocycles. The third-order valence-electron chi connectivity index (χ3n) is 4.84. The summed E-state index contributed by atoms with van der Waals surface area (Å²) >= 11 is 0. The van der Waals surface area contributed by atoms with Crippen LogP contribution in [0.5, 0.6) is 5.75 Å². The van der Waals surface area contributed by atoms with Gasteiger partial charge >= 0.3 is 0 Å². The highest BCUT2D eigenvalue weighted by atomic mass is 35.5. The number of benzene rings is 1. The van der Waals surface area contributed by atoms with Crippen molar-refractivity contribution in [2.24, 2.45) is 5.92 Å². The largest absolute Gasteiger partial charge is 0.494 e. The van der Waals surface area contributed by atoms with Crippen molar-refractivity contribution in [3.8, 4) is 17.1 Å². The highest BCUT2D eigenvalue weighted by Gasteiger charge is 2.30. The minimum Gasteiger partial charge on any atom is -0.494 e. The molecular formula is C19H26ClFN4O3. The van der Waals surface area contributed by atoms with Gasteiger partial charge in [-0.3, -0.25) is 4.79 Å². The van der Waals surface area contributed by atoms with E-state index in [1.807, 2.05) is 0 Å². The molecule has 7 nitrogen and oxygen atoms in total. The van der Waals surface area contributed by atoms with E-state index in [4.69, 9.17) is 9.26 Å². The molecule has 2 aromatic rings. The third-order valence-corrected chi connectivity index (χ3v) is 4.84. The summed E-state index contributed by atoms with van der Waals surface area (Å²) in [6, 6.07) is 4.39. The number of anilines is 1. The molecule has 1 amide bonds. The summed E-state index contributed by atoms with van der Waals surface area (Å²) in [4.78, 5) is 14.8. The van der Waals surface area contributed by atoms with E-state index in [0.29, 0.717) is 22.9 Å². The lowest BCUT2D eigenvalue weighted by atomic mass is 9.95. The molecule has 9 heteroatoms. The van der Waals surface area contributed by atoms with Crippen molar-refractivity contribution in [2.75, 3.05) is 39.2 Å². The van der Waals surface area contributed by atoms with Gasteiger partial charge in [-0.2, -0.15) is 0 Å². The van der Waals surface area contributed by atoms with Gasteiger partial charge in [0.05, 0.1) is 7.11 Å². The first-order valence-corrected chi connectivity index (χ1v) is 8.94. The summed E-state index contributed by atoms with van der Waals surface area (Å²) in [6.07, 6.45) is 0.856. The van der Waals surface area contributed by atoms with Crippen LogP contribution < -0.4 is 20.3 Å². The van der Waals surface area contributed by atoms with Gasteiger partial charge < -0.3 is 24.8 Å². The number of carbonyl (C=O) groups is 1. The van der Waals surface area contributed by atoms with E-state index in [-0.39, 0.29) is 35.9 Å². The number of piperidine rings is 1. The van der Waals surface area contributed by atoms with Crippen LogP contribution in [0.3, 0.4) is 0 Å². The molecule has 0 spiro atoms. The number of halogens is 2. The van der Waals surface area contributed by atoms with Gasteiger partial charge in [0.1, 0.15) is 5.56 Å². The van der Waals surface area contributed by atoms with Crippen LogP contribution >= 0.6 is 12.4 Å². The summed E-state index contributed by atoms with van der Waals surface area (Å²) in [6.45, 7) is 3.82.